The Balaban J connectivity index is 2.22. The second kappa shape index (κ2) is 4.31. The molecule has 6 heteroatoms. The third-order valence-electron chi connectivity index (χ3n) is 2.36. The highest BCUT2D eigenvalue weighted by molar-refractivity contribution is 5.45. The molecule has 1 aromatic rings. The highest BCUT2D eigenvalue weighted by Gasteiger charge is 2.13. The smallest absolute Gasteiger partial charge is 0.225 e. The second-order valence-electron chi connectivity index (χ2n) is 3.36. The zero-order valence-electron chi connectivity index (χ0n) is 8.73. The van der Waals surface area contributed by atoms with Gasteiger partial charge in [-0.15, -0.1) is 0 Å². The van der Waals surface area contributed by atoms with Gasteiger partial charge in [-0.2, -0.15) is 9.97 Å². The molecular formula is C9H15N5O. The Kier molecular flexibility index (Phi) is 2.86. The molecule has 6 nitrogen and oxygen atoms in total. The molecule has 0 amide bonds. The first-order valence-corrected chi connectivity index (χ1v) is 4.94. The van der Waals surface area contributed by atoms with Crippen molar-refractivity contribution in [1.29, 1.82) is 0 Å². The Hall–Kier alpha value is -1.56. The lowest BCUT2D eigenvalue weighted by atomic mass is 10.3. The molecule has 0 aliphatic carbocycles. The van der Waals surface area contributed by atoms with Crippen molar-refractivity contribution < 1.29 is 4.74 Å². The number of hydrogen-bond acceptors (Lipinski definition) is 6. The summed E-state index contributed by atoms with van der Waals surface area (Å²) in [6.45, 7) is 3.79. The third kappa shape index (κ3) is 2.27. The monoisotopic (exact) mass is 209 g/mol. The molecule has 3 N–H and O–H groups in total. The lowest BCUT2D eigenvalue weighted by molar-refractivity contribution is 0.397. The molecule has 15 heavy (non-hydrogen) atoms. The SMILES string of the molecule is COc1cc(N2CCNCC2)nc(N)n1. The molecule has 0 unspecified atom stereocenters. The molecule has 1 saturated heterocycles. The maximum Gasteiger partial charge on any atom is 0.225 e. The molecule has 0 atom stereocenters. The number of ether oxygens (including phenoxy) is 1. The first-order chi connectivity index (χ1) is 7.29. The van der Waals surface area contributed by atoms with Crippen molar-refractivity contribution in [2.24, 2.45) is 0 Å². The van der Waals surface area contributed by atoms with Crippen LogP contribution in [0.4, 0.5) is 11.8 Å². The minimum atomic E-state index is 0.253. The first kappa shape index (κ1) is 9.97. The fourth-order valence-electron chi connectivity index (χ4n) is 1.59. The number of rotatable bonds is 2. The topological polar surface area (TPSA) is 76.3 Å². The van der Waals surface area contributed by atoms with Crippen LogP contribution in [-0.2, 0) is 0 Å². The normalized spacial score (nSPS) is 16.5. The van der Waals surface area contributed by atoms with Crippen LogP contribution in [0.25, 0.3) is 0 Å². The zero-order valence-corrected chi connectivity index (χ0v) is 8.73. The Morgan fingerprint density at radius 3 is 2.80 bits per heavy atom. The van der Waals surface area contributed by atoms with E-state index in [9.17, 15) is 0 Å². The van der Waals surface area contributed by atoms with Crippen molar-refractivity contribution in [3.8, 4) is 5.88 Å². The van der Waals surface area contributed by atoms with Crippen LogP contribution in [0.5, 0.6) is 5.88 Å². The predicted octanol–water partition coefficient (Wildman–Crippen LogP) is -0.523. The van der Waals surface area contributed by atoms with Crippen LogP contribution in [0.3, 0.4) is 0 Å². The molecule has 1 fully saturated rings. The average Bonchev–Trinajstić information content (AvgIpc) is 2.29. The standard InChI is InChI=1S/C9H15N5O/c1-15-8-6-7(12-9(10)13-8)14-4-2-11-3-5-14/h6,11H,2-5H2,1H3,(H2,10,12,13). The summed E-state index contributed by atoms with van der Waals surface area (Å²) < 4.78 is 5.05. The van der Waals surface area contributed by atoms with Crippen LogP contribution in [-0.4, -0.2) is 43.3 Å². The fraction of sp³-hybridized carbons (Fsp3) is 0.556. The van der Waals surface area contributed by atoms with Crippen molar-refractivity contribution in [2.45, 2.75) is 0 Å². The molecule has 82 valence electrons. The van der Waals surface area contributed by atoms with Crippen molar-refractivity contribution in [3.05, 3.63) is 6.07 Å². The minimum absolute atomic E-state index is 0.253. The van der Waals surface area contributed by atoms with Gasteiger partial charge in [0.05, 0.1) is 7.11 Å². The van der Waals surface area contributed by atoms with Crippen molar-refractivity contribution in [1.82, 2.24) is 15.3 Å². The van der Waals surface area contributed by atoms with Crippen molar-refractivity contribution >= 4 is 11.8 Å². The van der Waals surface area contributed by atoms with Gasteiger partial charge >= 0.3 is 0 Å². The molecular weight excluding hydrogens is 194 g/mol. The van der Waals surface area contributed by atoms with Gasteiger partial charge in [0.25, 0.3) is 0 Å². The summed E-state index contributed by atoms with van der Waals surface area (Å²) in [5, 5.41) is 3.28. The molecule has 2 rings (SSSR count). The van der Waals surface area contributed by atoms with Crippen molar-refractivity contribution in [3.63, 3.8) is 0 Å². The quantitative estimate of drug-likeness (QED) is 0.682. The summed E-state index contributed by atoms with van der Waals surface area (Å²) in [6.07, 6.45) is 0. The van der Waals surface area contributed by atoms with Gasteiger partial charge in [0, 0.05) is 32.2 Å². The van der Waals surface area contributed by atoms with E-state index in [-0.39, 0.29) is 5.95 Å². The maximum absolute atomic E-state index is 5.60. The van der Waals surface area contributed by atoms with Crippen LogP contribution >= 0.6 is 0 Å². The largest absolute Gasteiger partial charge is 0.481 e. The molecule has 1 aliphatic heterocycles. The number of nitrogens with two attached hydrogens (primary N) is 1. The van der Waals surface area contributed by atoms with Gasteiger partial charge in [-0.3, -0.25) is 0 Å². The van der Waals surface area contributed by atoms with E-state index >= 15 is 0 Å². The molecule has 1 aliphatic rings. The van der Waals surface area contributed by atoms with Crippen molar-refractivity contribution in [2.75, 3.05) is 43.9 Å². The van der Waals surface area contributed by atoms with Gasteiger partial charge in [0.2, 0.25) is 11.8 Å². The summed E-state index contributed by atoms with van der Waals surface area (Å²) in [6, 6.07) is 1.81. The van der Waals surface area contributed by atoms with E-state index in [4.69, 9.17) is 10.5 Å². The molecule has 0 radical (unpaired) electrons. The minimum Gasteiger partial charge on any atom is -0.481 e. The lowest BCUT2D eigenvalue weighted by Crippen LogP contribution is -2.44. The molecule has 1 aromatic heterocycles. The lowest BCUT2D eigenvalue weighted by Gasteiger charge is -2.28. The number of methoxy groups -OCH3 is 1. The van der Waals surface area contributed by atoms with Crippen LogP contribution in [0.15, 0.2) is 6.07 Å². The zero-order chi connectivity index (χ0) is 10.7. The number of aromatic nitrogens is 2. The Morgan fingerprint density at radius 2 is 2.13 bits per heavy atom. The van der Waals surface area contributed by atoms with Crippen LogP contribution in [0.2, 0.25) is 0 Å². The predicted molar refractivity (Wildman–Crippen MR) is 58.1 cm³/mol. The number of anilines is 2. The first-order valence-electron chi connectivity index (χ1n) is 4.94. The van der Waals surface area contributed by atoms with Crippen LogP contribution in [0.1, 0.15) is 0 Å². The highest BCUT2D eigenvalue weighted by Crippen LogP contribution is 2.18. The summed E-state index contributed by atoms with van der Waals surface area (Å²) in [7, 11) is 1.57. The van der Waals surface area contributed by atoms with Gasteiger partial charge < -0.3 is 20.7 Å². The number of nitrogen functional groups attached to an aromatic ring is 1. The molecule has 2 heterocycles. The summed E-state index contributed by atoms with van der Waals surface area (Å²) >= 11 is 0. The average molecular weight is 209 g/mol. The molecule has 0 aromatic carbocycles. The highest BCUT2D eigenvalue weighted by atomic mass is 16.5. The second-order valence-corrected chi connectivity index (χ2v) is 3.36. The molecule has 0 saturated carbocycles. The van der Waals surface area contributed by atoms with E-state index in [1.165, 1.54) is 0 Å². The van der Waals surface area contributed by atoms with Gasteiger partial charge in [-0.05, 0) is 0 Å². The third-order valence-corrected chi connectivity index (χ3v) is 2.36. The van der Waals surface area contributed by atoms with Gasteiger partial charge in [0.15, 0.2) is 0 Å². The summed E-state index contributed by atoms with van der Waals surface area (Å²) in [4.78, 5) is 10.3. The Labute approximate surface area is 88.5 Å². The number of hydrogen-bond donors (Lipinski definition) is 2. The van der Waals surface area contributed by atoms with Crippen LogP contribution in [0, 0.1) is 0 Å². The molecule has 0 spiro atoms. The Morgan fingerprint density at radius 1 is 1.40 bits per heavy atom. The number of nitrogens with one attached hydrogen (secondary N) is 1. The van der Waals surface area contributed by atoms with Crippen LogP contribution < -0.4 is 20.7 Å². The van der Waals surface area contributed by atoms with Gasteiger partial charge in [-0.1, -0.05) is 0 Å². The van der Waals surface area contributed by atoms with E-state index in [0.29, 0.717) is 5.88 Å². The van der Waals surface area contributed by atoms with E-state index in [1.807, 2.05) is 6.07 Å². The van der Waals surface area contributed by atoms with E-state index in [0.717, 1.165) is 32.0 Å². The fourth-order valence-corrected chi connectivity index (χ4v) is 1.59. The summed E-state index contributed by atoms with van der Waals surface area (Å²) in [5.74, 6) is 1.60. The molecule has 0 bridgehead atoms. The van der Waals surface area contributed by atoms with E-state index in [1.54, 1.807) is 7.11 Å². The van der Waals surface area contributed by atoms with Gasteiger partial charge in [-0.25, -0.2) is 0 Å². The summed E-state index contributed by atoms with van der Waals surface area (Å²) in [5.41, 5.74) is 5.60. The Bertz CT molecular complexity index is 337. The maximum atomic E-state index is 5.60. The van der Waals surface area contributed by atoms with E-state index in [2.05, 4.69) is 20.2 Å². The van der Waals surface area contributed by atoms with E-state index < -0.39 is 0 Å². The van der Waals surface area contributed by atoms with Gasteiger partial charge in [0.1, 0.15) is 5.82 Å². The number of piperazine rings is 1. The number of nitrogens with zero attached hydrogens (tertiary/aromatic N) is 3.